The second kappa shape index (κ2) is 5.06. The first-order valence-corrected chi connectivity index (χ1v) is 5.72. The monoisotopic (exact) mass is 261 g/mol. The normalized spacial score (nSPS) is 10.1. The van der Waals surface area contributed by atoms with E-state index in [1.165, 1.54) is 12.4 Å². The summed E-state index contributed by atoms with van der Waals surface area (Å²) in [6.45, 7) is 1.93. The van der Waals surface area contributed by atoms with E-state index < -0.39 is 0 Å². The summed E-state index contributed by atoms with van der Waals surface area (Å²) >= 11 is 5.90. The Morgan fingerprint density at radius 3 is 2.83 bits per heavy atom. The fourth-order valence-corrected chi connectivity index (χ4v) is 1.75. The van der Waals surface area contributed by atoms with Crippen LogP contribution in [0.15, 0.2) is 36.7 Å². The molecule has 0 atom stereocenters. The van der Waals surface area contributed by atoms with E-state index in [0.717, 1.165) is 5.56 Å². The molecule has 1 heterocycles. The average Bonchev–Trinajstić information content (AvgIpc) is 2.33. The number of halogens is 1. The molecule has 0 aliphatic carbocycles. The van der Waals surface area contributed by atoms with Gasteiger partial charge >= 0.3 is 0 Å². The molecule has 0 radical (unpaired) electrons. The summed E-state index contributed by atoms with van der Waals surface area (Å²) < 4.78 is 0. The van der Waals surface area contributed by atoms with Crippen LogP contribution in [0.5, 0.6) is 0 Å². The highest BCUT2D eigenvalue weighted by Crippen LogP contribution is 2.21. The molecule has 1 aromatic carbocycles. The third-order valence-electron chi connectivity index (χ3n) is 2.47. The number of anilines is 2. The van der Waals surface area contributed by atoms with Crippen molar-refractivity contribution in [2.45, 2.75) is 6.92 Å². The van der Waals surface area contributed by atoms with Crippen LogP contribution in [0, 0.1) is 6.92 Å². The molecule has 0 saturated heterocycles. The molecule has 0 aliphatic rings. The Morgan fingerprint density at radius 2 is 2.17 bits per heavy atom. The number of pyridine rings is 1. The van der Waals surface area contributed by atoms with E-state index in [9.17, 15) is 4.79 Å². The van der Waals surface area contributed by atoms with Gasteiger partial charge in [-0.25, -0.2) is 0 Å². The van der Waals surface area contributed by atoms with Gasteiger partial charge in [0.2, 0.25) is 0 Å². The Labute approximate surface area is 110 Å². The molecule has 0 unspecified atom stereocenters. The minimum absolute atomic E-state index is 0.306. The second-order valence-electron chi connectivity index (χ2n) is 3.90. The molecule has 0 saturated carbocycles. The first kappa shape index (κ1) is 12.4. The lowest BCUT2D eigenvalue weighted by atomic mass is 10.2. The van der Waals surface area contributed by atoms with E-state index in [1.807, 2.05) is 13.0 Å². The number of amides is 1. The van der Waals surface area contributed by atoms with Crippen LogP contribution in [-0.4, -0.2) is 10.9 Å². The van der Waals surface area contributed by atoms with Crippen molar-refractivity contribution in [3.63, 3.8) is 0 Å². The molecule has 1 aromatic heterocycles. The fraction of sp³-hybridized carbons (Fsp3) is 0.0769. The van der Waals surface area contributed by atoms with Gasteiger partial charge in [-0.3, -0.25) is 9.78 Å². The fourth-order valence-electron chi connectivity index (χ4n) is 1.54. The smallest absolute Gasteiger partial charge is 0.257 e. The van der Waals surface area contributed by atoms with Gasteiger partial charge in [0.15, 0.2) is 0 Å². The maximum Gasteiger partial charge on any atom is 0.257 e. The van der Waals surface area contributed by atoms with E-state index >= 15 is 0 Å². The van der Waals surface area contributed by atoms with Crippen molar-refractivity contribution < 1.29 is 4.79 Å². The molecule has 2 rings (SSSR count). The Morgan fingerprint density at radius 1 is 1.39 bits per heavy atom. The van der Waals surface area contributed by atoms with Crippen LogP contribution >= 0.6 is 11.6 Å². The molecule has 92 valence electrons. The zero-order chi connectivity index (χ0) is 13.1. The lowest BCUT2D eigenvalue weighted by Gasteiger charge is -2.09. The van der Waals surface area contributed by atoms with E-state index in [1.54, 1.807) is 18.2 Å². The molecule has 1 amide bonds. The molecular formula is C13H12ClN3O. The van der Waals surface area contributed by atoms with Gasteiger partial charge in [-0.1, -0.05) is 17.7 Å². The molecule has 5 heteroatoms. The summed E-state index contributed by atoms with van der Waals surface area (Å²) in [4.78, 5) is 15.8. The Balaban J connectivity index is 2.24. The summed E-state index contributed by atoms with van der Waals surface area (Å²) in [5.74, 6) is -0.307. The topological polar surface area (TPSA) is 68.0 Å². The number of nitrogens with zero attached hydrogens (tertiary/aromatic N) is 1. The molecule has 4 nitrogen and oxygen atoms in total. The zero-order valence-corrected chi connectivity index (χ0v) is 10.5. The van der Waals surface area contributed by atoms with Gasteiger partial charge in [0.25, 0.3) is 5.91 Å². The first-order valence-electron chi connectivity index (χ1n) is 5.35. The van der Waals surface area contributed by atoms with Crippen molar-refractivity contribution in [2.24, 2.45) is 0 Å². The maximum atomic E-state index is 12.0. The van der Waals surface area contributed by atoms with E-state index in [0.29, 0.717) is 22.0 Å². The molecule has 0 bridgehead atoms. The third-order valence-corrected chi connectivity index (χ3v) is 2.77. The lowest BCUT2D eigenvalue weighted by molar-refractivity contribution is 0.102. The van der Waals surface area contributed by atoms with Crippen molar-refractivity contribution in [1.29, 1.82) is 0 Å². The number of aromatic nitrogens is 1. The van der Waals surface area contributed by atoms with Gasteiger partial charge < -0.3 is 11.1 Å². The summed E-state index contributed by atoms with van der Waals surface area (Å²) in [5.41, 5.74) is 8.32. The number of rotatable bonds is 2. The van der Waals surface area contributed by atoms with Crippen LogP contribution in [0.1, 0.15) is 15.9 Å². The Hall–Kier alpha value is -2.07. The number of nitrogens with one attached hydrogen (secondary N) is 1. The number of carbonyl (C=O) groups is 1. The second-order valence-corrected chi connectivity index (χ2v) is 4.31. The molecule has 3 N–H and O–H groups in total. The largest absolute Gasteiger partial charge is 0.397 e. The summed E-state index contributed by atoms with van der Waals surface area (Å²) in [5, 5.41) is 3.02. The van der Waals surface area contributed by atoms with Crippen molar-refractivity contribution >= 4 is 28.9 Å². The predicted octanol–water partition coefficient (Wildman–Crippen LogP) is 2.88. The quantitative estimate of drug-likeness (QED) is 0.817. The summed E-state index contributed by atoms with van der Waals surface area (Å²) in [7, 11) is 0. The van der Waals surface area contributed by atoms with Crippen LogP contribution in [0.2, 0.25) is 5.02 Å². The molecule has 0 spiro atoms. The van der Waals surface area contributed by atoms with E-state index in [2.05, 4.69) is 10.3 Å². The average molecular weight is 262 g/mol. The molecule has 0 aliphatic heterocycles. The number of nitrogen functional groups attached to an aromatic ring is 1. The van der Waals surface area contributed by atoms with Gasteiger partial charge in [0.05, 0.1) is 22.0 Å². The van der Waals surface area contributed by atoms with Gasteiger partial charge in [0, 0.05) is 12.4 Å². The molecule has 0 fully saturated rings. The van der Waals surface area contributed by atoms with Crippen LogP contribution in [0.4, 0.5) is 11.4 Å². The lowest BCUT2D eigenvalue weighted by Crippen LogP contribution is -2.13. The van der Waals surface area contributed by atoms with Crippen molar-refractivity contribution in [3.05, 3.63) is 52.8 Å². The van der Waals surface area contributed by atoms with Crippen LogP contribution < -0.4 is 11.1 Å². The van der Waals surface area contributed by atoms with E-state index in [4.69, 9.17) is 17.3 Å². The maximum absolute atomic E-state index is 12.0. The Bertz CT molecular complexity index is 599. The highest BCUT2D eigenvalue weighted by Gasteiger charge is 2.11. The molecule has 18 heavy (non-hydrogen) atoms. The highest BCUT2D eigenvalue weighted by atomic mass is 35.5. The number of benzene rings is 1. The number of nitrogens with two attached hydrogens (primary N) is 1. The van der Waals surface area contributed by atoms with Crippen LogP contribution in [0.25, 0.3) is 0 Å². The molecular weight excluding hydrogens is 250 g/mol. The zero-order valence-electron chi connectivity index (χ0n) is 9.77. The number of aryl methyl sites for hydroxylation is 1. The van der Waals surface area contributed by atoms with Gasteiger partial charge in [-0.2, -0.15) is 0 Å². The van der Waals surface area contributed by atoms with Crippen molar-refractivity contribution in [1.82, 2.24) is 4.98 Å². The van der Waals surface area contributed by atoms with Crippen LogP contribution in [0.3, 0.4) is 0 Å². The first-order chi connectivity index (χ1) is 8.58. The van der Waals surface area contributed by atoms with Gasteiger partial charge in [-0.15, -0.1) is 0 Å². The highest BCUT2D eigenvalue weighted by molar-refractivity contribution is 6.34. The Kier molecular flexibility index (Phi) is 3.48. The number of carbonyl (C=O) groups excluding carboxylic acids is 1. The third kappa shape index (κ3) is 2.60. The van der Waals surface area contributed by atoms with Gasteiger partial charge in [0.1, 0.15) is 0 Å². The number of hydrogen-bond acceptors (Lipinski definition) is 3. The van der Waals surface area contributed by atoms with Crippen molar-refractivity contribution in [2.75, 3.05) is 11.1 Å². The summed E-state index contributed by atoms with van der Waals surface area (Å²) in [6, 6.07) is 6.99. The standard InChI is InChI=1S/C13H12ClN3O/c1-8-2-3-12(11(15)6-8)17-13(18)9-4-5-16-7-10(9)14/h2-7H,15H2,1H3,(H,17,18). The predicted molar refractivity (Wildman–Crippen MR) is 72.8 cm³/mol. The molecule has 2 aromatic rings. The van der Waals surface area contributed by atoms with Crippen LogP contribution in [-0.2, 0) is 0 Å². The van der Waals surface area contributed by atoms with Gasteiger partial charge in [-0.05, 0) is 30.7 Å². The number of hydrogen-bond donors (Lipinski definition) is 2. The van der Waals surface area contributed by atoms with Crippen molar-refractivity contribution in [3.8, 4) is 0 Å². The SMILES string of the molecule is Cc1ccc(NC(=O)c2ccncc2Cl)c(N)c1. The van der Waals surface area contributed by atoms with E-state index in [-0.39, 0.29) is 5.91 Å². The summed E-state index contributed by atoms with van der Waals surface area (Å²) in [6.07, 6.45) is 2.94. The minimum Gasteiger partial charge on any atom is -0.397 e. The minimum atomic E-state index is -0.307.